The SMILES string of the molecule is COc1cccc(CNC(=O)CCS)c1OC(F)F. The van der Waals surface area contributed by atoms with E-state index in [1.165, 1.54) is 13.2 Å². The number of thiol groups is 1. The molecule has 1 aromatic rings. The van der Waals surface area contributed by atoms with Gasteiger partial charge in [-0.15, -0.1) is 0 Å². The van der Waals surface area contributed by atoms with Gasteiger partial charge in [-0.1, -0.05) is 12.1 Å². The Balaban J connectivity index is 2.83. The summed E-state index contributed by atoms with van der Waals surface area (Å²) >= 11 is 3.93. The number of hydrogen-bond acceptors (Lipinski definition) is 4. The summed E-state index contributed by atoms with van der Waals surface area (Å²) in [7, 11) is 1.36. The standard InChI is InChI=1S/C12H15F2NO3S/c1-17-9-4-2-3-8(11(9)18-12(13)14)7-15-10(16)5-6-19/h2-4,12,19H,5-7H2,1H3,(H,15,16). The van der Waals surface area contributed by atoms with E-state index in [4.69, 9.17) is 4.74 Å². The van der Waals surface area contributed by atoms with Crippen molar-refractivity contribution in [2.24, 2.45) is 0 Å². The van der Waals surface area contributed by atoms with Crippen LogP contribution < -0.4 is 14.8 Å². The lowest BCUT2D eigenvalue weighted by molar-refractivity contribution is -0.120. The van der Waals surface area contributed by atoms with E-state index >= 15 is 0 Å². The Kier molecular flexibility index (Phi) is 6.41. The van der Waals surface area contributed by atoms with Crippen LogP contribution in [0.3, 0.4) is 0 Å². The summed E-state index contributed by atoms with van der Waals surface area (Å²) in [6.45, 7) is -2.87. The van der Waals surface area contributed by atoms with Crippen molar-refractivity contribution in [3.63, 3.8) is 0 Å². The van der Waals surface area contributed by atoms with Crippen molar-refractivity contribution in [1.82, 2.24) is 5.32 Å². The zero-order valence-corrected chi connectivity index (χ0v) is 11.3. The summed E-state index contributed by atoms with van der Waals surface area (Å²) in [5.41, 5.74) is 0.423. The van der Waals surface area contributed by atoms with E-state index in [0.717, 1.165) is 0 Å². The lowest BCUT2D eigenvalue weighted by Crippen LogP contribution is -2.23. The molecule has 0 radical (unpaired) electrons. The van der Waals surface area contributed by atoms with E-state index in [9.17, 15) is 13.6 Å². The van der Waals surface area contributed by atoms with Crippen molar-refractivity contribution in [2.75, 3.05) is 12.9 Å². The summed E-state index contributed by atoms with van der Waals surface area (Å²) < 4.78 is 34.1. The summed E-state index contributed by atoms with van der Waals surface area (Å²) in [5, 5.41) is 2.60. The molecule has 0 aliphatic heterocycles. The molecule has 0 aromatic heterocycles. The minimum absolute atomic E-state index is 0.0637. The van der Waals surface area contributed by atoms with Gasteiger partial charge in [-0.25, -0.2) is 0 Å². The average molecular weight is 291 g/mol. The topological polar surface area (TPSA) is 47.6 Å². The van der Waals surface area contributed by atoms with E-state index in [2.05, 4.69) is 22.7 Å². The van der Waals surface area contributed by atoms with E-state index in [1.807, 2.05) is 0 Å². The van der Waals surface area contributed by atoms with Gasteiger partial charge in [0.05, 0.1) is 7.11 Å². The molecule has 0 heterocycles. The second-order valence-corrected chi connectivity index (χ2v) is 4.02. The van der Waals surface area contributed by atoms with Gasteiger partial charge in [0.15, 0.2) is 11.5 Å². The molecule has 106 valence electrons. The Morgan fingerprint density at radius 1 is 1.47 bits per heavy atom. The fourth-order valence-corrected chi connectivity index (χ4v) is 1.67. The number of carbonyl (C=O) groups is 1. The highest BCUT2D eigenvalue weighted by Gasteiger charge is 2.15. The Hall–Kier alpha value is -1.50. The van der Waals surface area contributed by atoms with E-state index < -0.39 is 6.61 Å². The first-order chi connectivity index (χ1) is 9.08. The Morgan fingerprint density at radius 2 is 2.21 bits per heavy atom. The highest BCUT2D eigenvalue weighted by Crippen LogP contribution is 2.32. The minimum atomic E-state index is -2.96. The molecule has 1 aromatic carbocycles. The van der Waals surface area contributed by atoms with Crippen LogP contribution in [0, 0.1) is 0 Å². The van der Waals surface area contributed by atoms with Crippen LogP contribution in [0.1, 0.15) is 12.0 Å². The fraction of sp³-hybridized carbons (Fsp3) is 0.417. The van der Waals surface area contributed by atoms with E-state index in [1.54, 1.807) is 12.1 Å². The number of amides is 1. The molecule has 1 rings (SSSR count). The van der Waals surface area contributed by atoms with Gasteiger partial charge in [0.2, 0.25) is 5.91 Å². The molecule has 0 aliphatic carbocycles. The van der Waals surface area contributed by atoms with Gasteiger partial charge in [-0.2, -0.15) is 21.4 Å². The number of rotatable bonds is 7. The Bertz CT molecular complexity index is 429. The van der Waals surface area contributed by atoms with Gasteiger partial charge in [0.25, 0.3) is 0 Å². The van der Waals surface area contributed by atoms with Crippen molar-refractivity contribution < 1.29 is 23.0 Å². The van der Waals surface area contributed by atoms with Crippen LogP contribution >= 0.6 is 12.6 Å². The maximum atomic E-state index is 12.4. The van der Waals surface area contributed by atoms with Crippen LogP contribution in [0.4, 0.5) is 8.78 Å². The zero-order valence-electron chi connectivity index (χ0n) is 10.4. The lowest BCUT2D eigenvalue weighted by Gasteiger charge is -2.14. The maximum Gasteiger partial charge on any atom is 0.387 e. The number of carbonyl (C=O) groups excluding carboxylic acids is 1. The smallest absolute Gasteiger partial charge is 0.387 e. The Morgan fingerprint density at radius 3 is 2.79 bits per heavy atom. The molecule has 4 nitrogen and oxygen atoms in total. The number of methoxy groups -OCH3 is 1. The van der Waals surface area contributed by atoms with Gasteiger partial charge in [-0.05, 0) is 11.8 Å². The van der Waals surface area contributed by atoms with E-state index in [0.29, 0.717) is 11.3 Å². The van der Waals surface area contributed by atoms with Crippen LogP contribution in [0.5, 0.6) is 11.5 Å². The van der Waals surface area contributed by atoms with Crippen LogP contribution in [-0.4, -0.2) is 25.4 Å². The predicted octanol–water partition coefficient (Wildman–Crippen LogP) is 2.23. The molecule has 0 fully saturated rings. The maximum absolute atomic E-state index is 12.4. The second kappa shape index (κ2) is 7.83. The Labute approximate surface area is 115 Å². The minimum Gasteiger partial charge on any atom is -0.493 e. The third-order valence-electron chi connectivity index (χ3n) is 2.30. The molecule has 0 saturated heterocycles. The quantitative estimate of drug-likeness (QED) is 0.757. The van der Waals surface area contributed by atoms with Gasteiger partial charge in [0, 0.05) is 18.5 Å². The predicted molar refractivity (Wildman–Crippen MR) is 69.9 cm³/mol. The van der Waals surface area contributed by atoms with Crippen molar-refractivity contribution in [1.29, 1.82) is 0 Å². The van der Waals surface area contributed by atoms with Crippen LogP contribution in [-0.2, 0) is 11.3 Å². The number of hydrogen-bond donors (Lipinski definition) is 2. The normalized spacial score (nSPS) is 10.4. The second-order valence-electron chi connectivity index (χ2n) is 3.58. The van der Waals surface area contributed by atoms with Gasteiger partial charge < -0.3 is 14.8 Å². The van der Waals surface area contributed by atoms with Crippen molar-refractivity contribution in [2.45, 2.75) is 19.6 Å². The monoisotopic (exact) mass is 291 g/mol. The number of benzene rings is 1. The molecule has 0 atom stereocenters. The summed E-state index contributed by atoms with van der Waals surface area (Å²) in [6, 6.07) is 4.73. The van der Waals surface area contributed by atoms with Crippen LogP contribution in [0.25, 0.3) is 0 Å². The number of ether oxygens (including phenoxy) is 2. The van der Waals surface area contributed by atoms with Crippen molar-refractivity contribution >= 4 is 18.5 Å². The third kappa shape index (κ3) is 4.94. The van der Waals surface area contributed by atoms with Crippen molar-refractivity contribution in [3.05, 3.63) is 23.8 Å². The summed E-state index contributed by atoms with van der Waals surface area (Å²) in [4.78, 5) is 11.3. The first-order valence-electron chi connectivity index (χ1n) is 5.56. The zero-order chi connectivity index (χ0) is 14.3. The molecule has 0 spiro atoms. The van der Waals surface area contributed by atoms with Crippen molar-refractivity contribution in [3.8, 4) is 11.5 Å². The highest BCUT2D eigenvalue weighted by atomic mass is 32.1. The average Bonchev–Trinajstić information content (AvgIpc) is 2.37. The number of alkyl halides is 2. The summed E-state index contributed by atoms with van der Waals surface area (Å²) in [6.07, 6.45) is 0.262. The molecular weight excluding hydrogens is 276 g/mol. The van der Waals surface area contributed by atoms with E-state index in [-0.39, 0.29) is 30.4 Å². The highest BCUT2D eigenvalue weighted by molar-refractivity contribution is 7.80. The molecule has 7 heteroatoms. The first kappa shape index (κ1) is 15.6. The molecule has 0 saturated carbocycles. The summed E-state index contributed by atoms with van der Waals surface area (Å²) in [5.74, 6) is 0.345. The molecule has 1 amide bonds. The molecular formula is C12H15F2NO3S. The molecule has 19 heavy (non-hydrogen) atoms. The molecule has 1 N–H and O–H groups in total. The fourth-order valence-electron chi connectivity index (χ4n) is 1.47. The number of para-hydroxylation sites is 1. The van der Waals surface area contributed by atoms with Gasteiger partial charge in [-0.3, -0.25) is 4.79 Å². The van der Waals surface area contributed by atoms with Crippen LogP contribution in [0.2, 0.25) is 0 Å². The van der Waals surface area contributed by atoms with Gasteiger partial charge in [0.1, 0.15) is 0 Å². The number of halogens is 2. The molecule has 0 unspecified atom stereocenters. The molecule has 0 bridgehead atoms. The molecule has 0 aliphatic rings. The first-order valence-corrected chi connectivity index (χ1v) is 6.20. The number of nitrogens with one attached hydrogen (secondary N) is 1. The van der Waals surface area contributed by atoms with Crippen LogP contribution in [0.15, 0.2) is 18.2 Å². The largest absolute Gasteiger partial charge is 0.493 e. The third-order valence-corrected chi connectivity index (χ3v) is 2.53. The van der Waals surface area contributed by atoms with Gasteiger partial charge >= 0.3 is 6.61 Å². The lowest BCUT2D eigenvalue weighted by atomic mass is 10.2.